The zero-order valence-corrected chi connectivity index (χ0v) is 16.4. The molecule has 0 spiro atoms. The van der Waals surface area contributed by atoms with Crippen molar-refractivity contribution in [2.24, 2.45) is 0 Å². The summed E-state index contributed by atoms with van der Waals surface area (Å²) in [5.41, 5.74) is 1.48. The van der Waals surface area contributed by atoms with Crippen LogP contribution >= 0.6 is 0 Å². The van der Waals surface area contributed by atoms with E-state index in [9.17, 15) is 22.8 Å². The molecule has 0 bridgehead atoms. The third kappa shape index (κ3) is 6.05. The van der Waals surface area contributed by atoms with Crippen LogP contribution in [0.3, 0.4) is 0 Å². The number of carbonyl (C=O) groups is 2. The van der Waals surface area contributed by atoms with E-state index in [1.165, 1.54) is 18.2 Å². The Balaban J connectivity index is 1.97. The lowest BCUT2D eigenvalue weighted by Crippen LogP contribution is -2.14. The molecule has 0 fully saturated rings. The Kier molecular flexibility index (Phi) is 7.39. The molecule has 2 rings (SSSR count). The number of ether oxygens (including phenoxy) is 2. The van der Waals surface area contributed by atoms with Crippen LogP contribution in [0.5, 0.6) is 0 Å². The van der Waals surface area contributed by atoms with Gasteiger partial charge in [-0.25, -0.2) is 4.79 Å². The van der Waals surface area contributed by atoms with Gasteiger partial charge in [0.25, 0.3) is 0 Å². The number of alkyl halides is 3. The molecule has 0 N–H and O–H groups in total. The second kappa shape index (κ2) is 9.56. The van der Waals surface area contributed by atoms with Crippen molar-refractivity contribution in [2.75, 3.05) is 20.3 Å². The van der Waals surface area contributed by atoms with Gasteiger partial charge in [0.05, 0.1) is 12.2 Å². The first kappa shape index (κ1) is 22.4. The Labute approximate surface area is 166 Å². The summed E-state index contributed by atoms with van der Waals surface area (Å²) in [6.07, 6.45) is -2.27. The number of Topliss-reactive ketones (excluding diaryl/α,β-unsaturated/α-hetero) is 1. The normalized spacial score (nSPS) is 11.8. The van der Waals surface area contributed by atoms with E-state index in [1.807, 2.05) is 11.5 Å². The van der Waals surface area contributed by atoms with Gasteiger partial charge in [-0.3, -0.25) is 4.79 Å². The highest BCUT2D eigenvalue weighted by Crippen LogP contribution is 2.29. The first-order chi connectivity index (χ1) is 13.6. The standard InChI is InChI=1S/C21H22F3NO4/c1-14-11-18(15(2)25(14)9-10-28-3)19(26)13-29-20(27)8-7-16-5-4-6-17(12-16)21(22,23)24/h4-8,11-12H,9-10,13H2,1-3H3/b8-7+. The highest BCUT2D eigenvalue weighted by Gasteiger charge is 2.30. The van der Waals surface area contributed by atoms with Gasteiger partial charge in [-0.1, -0.05) is 12.1 Å². The van der Waals surface area contributed by atoms with E-state index in [0.29, 0.717) is 18.7 Å². The maximum Gasteiger partial charge on any atom is 0.416 e. The minimum atomic E-state index is -4.47. The Morgan fingerprint density at radius 3 is 2.55 bits per heavy atom. The number of nitrogens with zero attached hydrogens (tertiary/aromatic N) is 1. The minimum absolute atomic E-state index is 0.199. The molecule has 0 aliphatic carbocycles. The van der Waals surface area contributed by atoms with Crippen LogP contribution in [0, 0.1) is 13.8 Å². The first-order valence-corrected chi connectivity index (χ1v) is 8.84. The van der Waals surface area contributed by atoms with Gasteiger partial charge in [0.2, 0.25) is 5.78 Å². The number of methoxy groups -OCH3 is 1. The fraction of sp³-hybridized carbons (Fsp3) is 0.333. The number of rotatable bonds is 8. The fourth-order valence-corrected chi connectivity index (χ4v) is 2.86. The van der Waals surface area contributed by atoms with E-state index >= 15 is 0 Å². The predicted octanol–water partition coefficient (Wildman–Crippen LogP) is 4.21. The smallest absolute Gasteiger partial charge is 0.416 e. The Morgan fingerprint density at radius 1 is 1.17 bits per heavy atom. The Bertz CT molecular complexity index is 913. The lowest BCUT2D eigenvalue weighted by Gasteiger charge is -2.08. The summed E-state index contributed by atoms with van der Waals surface area (Å²) in [5, 5.41) is 0. The molecular formula is C21H22F3NO4. The largest absolute Gasteiger partial charge is 0.454 e. The van der Waals surface area contributed by atoms with Crippen LogP contribution in [-0.2, 0) is 27.0 Å². The van der Waals surface area contributed by atoms with Crippen molar-refractivity contribution < 1.29 is 32.2 Å². The number of benzene rings is 1. The molecule has 0 radical (unpaired) electrons. The molecule has 0 amide bonds. The van der Waals surface area contributed by atoms with Crippen molar-refractivity contribution >= 4 is 17.8 Å². The van der Waals surface area contributed by atoms with E-state index in [4.69, 9.17) is 9.47 Å². The van der Waals surface area contributed by atoms with Gasteiger partial charge in [0.1, 0.15) is 0 Å². The zero-order chi connectivity index (χ0) is 21.6. The minimum Gasteiger partial charge on any atom is -0.454 e. The van der Waals surface area contributed by atoms with E-state index in [0.717, 1.165) is 29.6 Å². The van der Waals surface area contributed by atoms with Crippen LogP contribution in [0.4, 0.5) is 13.2 Å². The fourth-order valence-electron chi connectivity index (χ4n) is 2.86. The number of hydrogen-bond acceptors (Lipinski definition) is 4. The number of aryl methyl sites for hydroxylation is 1. The molecule has 5 nitrogen and oxygen atoms in total. The molecule has 0 saturated heterocycles. The maximum atomic E-state index is 12.7. The van der Waals surface area contributed by atoms with Gasteiger partial charge in [0, 0.05) is 36.7 Å². The molecule has 29 heavy (non-hydrogen) atoms. The lowest BCUT2D eigenvalue weighted by molar-refractivity contribution is -0.138. The van der Waals surface area contributed by atoms with Crippen LogP contribution in [0.15, 0.2) is 36.4 Å². The summed E-state index contributed by atoms with van der Waals surface area (Å²) in [5.74, 6) is -1.17. The molecule has 2 aromatic rings. The lowest BCUT2D eigenvalue weighted by atomic mass is 10.1. The number of esters is 1. The summed E-state index contributed by atoms with van der Waals surface area (Å²) >= 11 is 0. The van der Waals surface area contributed by atoms with Crippen LogP contribution in [0.2, 0.25) is 0 Å². The molecular weight excluding hydrogens is 387 g/mol. The van der Waals surface area contributed by atoms with E-state index in [2.05, 4.69) is 0 Å². The van der Waals surface area contributed by atoms with Crippen molar-refractivity contribution in [3.05, 3.63) is 64.5 Å². The topological polar surface area (TPSA) is 57.5 Å². The molecule has 0 aliphatic heterocycles. The highest BCUT2D eigenvalue weighted by atomic mass is 19.4. The number of halogens is 3. The molecule has 0 atom stereocenters. The Morgan fingerprint density at radius 2 is 1.90 bits per heavy atom. The van der Waals surface area contributed by atoms with E-state index < -0.39 is 24.3 Å². The van der Waals surface area contributed by atoms with Gasteiger partial charge in [-0.2, -0.15) is 13.2 Å². The number of ketones is 1. The molecule has 0 saturated carbocycles. The summed E-state index contributed by atoms with van der Waals surface area (Å²) < 4.78 is 50.0. The third-order valence-electron chi connectivity index (χ3n) is 4.36. The van der Waals surface area contributed by atoms with Crippen molar-refractivity contribution in [1.82, 2.24) is 4.57 Å². The van der Waals surface area contributed by atoms with Crippen LogP contribution in [0.25, 0.3) is 6.08 Å². The summed E-state index contributed by atoms with van der Waals surface area (Å²) in [6.45, 7) is 4.30. The molecule has 1 aromatic heterocycles. The SMILES string of the molecule is COCCn1c(C)cc(C(=O)COC(=O)/C=C/c2cccc(C(F)(F)F)c2)c1C. The molecule has 156 valence electrons. The number of carbonyl (C=O) groups excluding carboxylic acids is 2. The van der Waals surface area contributed by atoms with Gasteiger partial charge in [-0.15, -0.1) is 0 Å². The monoisotopic (exact) mass is 409 g/mol. The number of aromatic nitrogens is 1. The van der Waals surface area contributed by atoms with Crippen molar-refractivity contribution in [3.8, 4) is 0 Å². The summed E-state index contributed by atoms with van der Waals surface area (Å²) in [7, 11) is 1.59. The molecule has 0 unspecified atom stereocenters. The quantitative estimate of drug-likeness (QED) is 0.372. The second-order valence-electron chi connectivity index (χ2n) is 6.42. The van der Waals surface area contributed by atoms with Crippen LogP contribution < -0.4 is 0 Å². The molecule has 0 aliphatic rings. The van der Waals surface area contributed by atoms with E-state index in [-0.39, 0.29) is 11.3 Å². The first-order valence-electron chi connectivity index (χ1n) is 8.84. The molecule has 8 heteroatoms. The second-order valence-corrected chi connectivity index (χ2v) is 6.42. The highest BCUT2D eigenvalue weighted by molar-refractivity contribution is 6.00. The summed E-state index contributed by atoms with van der Waals surface area (Å²) in [6, 6.07) is 6.26. The van der Waals surface area contributed by atoms with Gasteiger partial charge in [0.15, 0.2) is 6.61 Å². The average Bonchev–Trinajstić information content (AvgIpc) is 2.96. The number of hydrogen-bond donors (Lipinski definition) is 0. The molecule has 1 aromatic carbocycles. The van der Waals surface area contributed by atoms with Crippen LogP contribution in [-0.4, -0.2) is 36.6 Å². The third-order valence-corrected chi connectivity index (χ3v) is 4.36. The van der Waals surface area contributed by atoms with Crippen LogP contribution in [0.1, 0.15) is 32.9 Å². The van der Waals surface area contributed by atoms with E-state index in [1.54, 1.807) is 20.1 Å². The predicted molar refractivity (Wildman–Crippen MR) is 102 cm³/mol. The zero-order valence-electron chi connectivity index (χ0n) is 16.4. The van der Waals surface area contributed by atoms with Gasteiger partial charge >= 0.3 is 12.1 Å². The molecule has 1 heterocycles. The summed E-state index contributed by atoms with van der Waals surface area (Å²) in [4.78, 5) is 24.2. The van der Waals surface area contributed by atoms with Crippen molar-refractivity contribution in [2.45, 2.75) is 26.6 Å². The van der Waals surface area contributed by atoms with Crippen molar-refractivity contribution in [1.29, 1.82) is 0 Å². The van der Waals surface area contributed by atoms with Gasteiger partial charge < -0.3 is 14.0 Å². The Hall–Kier alpha value is -2.87. The van der Waals surface area contributed by atoms with Gasteiger partial charge in [-0.05, 0) is 43.7 Å². The average molecular weight is 409 g/mol. The van der Waals surface area contributed by atoms with Crippen molar-refractivity contribution in [3.63, 3.8) is 0 Å². The maximum absolute atomic E-state index is 12.7.